The van der Waals surface area contributed by atoms with Crippen molar-refractivity contribution in [3.63, 3.8) is 0 Å². The van der Waals surface area contributed by atoms with Crippen molar-refractivity contribution < 1.29 is 33.0 Å². The molecule has 28 heavy (non-hydrogen) atoms. The SMILES string of the molecule is COc1cc2c(cc1C=C1C(=O)NC(=O)N(c3cccc(F)c3)C1=O)OCO2. The second-order valence-electron chi connectivity index (χ2n) is 5.89. The van der Waals surface area contributed by atoms with E-state index in [1.165, 1.54) is 31.4 Å². The van der Waals surface area contributed by atoms with Crippen LogP contribution < -0.4 is 24.4 Å². The van der Waals surface area contributed by atoms with E-state index in [-0.39, 0.29) is 18.1 Å². The molecule has 2 aliphatic rings. The Hall–Kier alpha value is -3.88. The highest BCUT2D eigenvalue weighted by molar-refractivity contribution is 6.39. The van der Waals surface area contributed by atoms with E-state index in [0.717, 1.165) is 6.07 Å². The van der Waals surface area contributed by atoms with Crippen LogP contribution in [0.3, 0.4) is 0 Å². The molecule has 0 aromatic heterocycles. The Morgan fingerprint density at radius 3 is 2.61 bits per heavy atom. The first kappa shape index (κ1) is 17.5. The summed E-state index contributed by atoms with van der Waals surface area (Å²) in [5.41, 5.74) is 0.0540. The molecule has 0 bridgehead atoms. The zero-order valence-corrected chi connectivity index (χ0v) is 14.5. The fourth-order valence-corrected chi connectivity index (χ4v) is 2.89. The van der Waals surface area contributed by atoms with Crippen molar-refractivity contribution in [2.45, 2.75) is 0 Å². The number of halogens is 1. The Morgan fingerprint density at radius 2 is 1.89 bits per heavy atom. The third-order valence-electron chi connectivity index (χ3n) is 4.19. The summed E-state index contributed by atoms with van der Waals surface area (Å²) in [7, 11) is 1.42. The van der Waals surface area contributed by atoms with E-state index < -0.39 is 23.7 Å². The molecule has 0 aliphatic carbocycles. The Kier molecular flexibility index (Phi) is 4.19. The fourth-order valence-electron chi connectivity index (χ4n) is 2.89. The lowest BCUT2D eigenvalue weighted by Crippen LogP contribution is -2.54. The van der Waals surface area contributed by atoms with E-state index in [1.54, 1.807) is 12.1 Å². The van der Waals surface area contributed by atoms with Crippen LogP contribution in [0, 0.1) is 5.82 Å². The van der Waals surface area contributed by atoms with Gasteiger partial charge in [-0.2, -0.15) is 0 Å². The molecule has 2 aliphatic heterocycles. The number of ether oxygens (including phenoxy) is 3. The van der Waals surface area contributed by atoms with Crippen LogP contribution >= 0.6 is 0 Å². The third-order valence-corrected chi connectivity index (χ3v) is 4.19. The monoisotopic (exact) mass is 384 g/mol. The summed E-state index contributed by atoms with van der Waals surface area (Å²) in [6.45, 7) is 0.0414. The largest absolute Gasteiger partial charge is 0.496 e. The topological polar surface area (TPSA) is 94.2 Å². The van der Waals surface area contributed by atoms with Gasteiger partial charge in [0.15, 0.2) is 11.5 Å². The summed E-state index contributed by atoms with van der Waals surface area (Å²) in [4.78, 5) is 38.0. The number of carbonyl (C=O) groups is 3. The van der Waals surface area contributed by atoms with Gasteiger partial charge in [-0.25, -0.2) is 14.1 Å². The van der Waals surface area contributed by atoms with Crippen molar-refractivity contribution in [1.29, 1.82) is 0 Å². The first-order chi connectivity index (χ1) is 13.5. The van der Waals surface area contributed by atoms with E-state index in [4.69, 9.17) is 14.2 Å². The second kappa shape index (κ2) is 6.69. The summed E-state index contributed by atoms with van der Waals surface area (Å²) >= 11 is 0. The summed E-state index contributed by atoms with van der Waals surface area (Å²) < 4.78 is 29.4. The molecule has 8 nitrogen and oxygen atoms in total. The molecule has 9 heteroatoms. The highest BCUT2D eigenvalue weighted by Crippen LogP contribution is 2.39. The molecule has 1 fully saturated rings. The van der Waals surface area contributed by atoms with Gasteiger partial charge in [-0.1, -0.05) is 6.07 Å². The van der Waals surface area contributed by atoms with Gasteiger partial charge in [0.1, 0.15) is 17.1 Å². The molecule has 0 unspecified atom stereocenters. The lowest BCUT2D eigenvalue weighted by Gasteiger charge is -2.26. The minimum absolute atomic E-state index is 0.00134. The minimum Gasteiger partial charge on any atom is -0.496 e. The lowest BCUT2D eigenvalue weighted by molar-refractivity contribution is -0.122. The maximum atomic E-state index is 13.5. The second-order valence-corrected chi connectivity index (χ2v) is 5.89. The number of nitrogens with one attached hydrogen (secondary N) is 1. The lowest BCUT2D eigenvalue weighted by atomic mass is 10.1. The van der Waals surface area contributed by atoms with E-state index in [1.807, 2.05) is 0 Å². The quantitative estimate of drug-likeness (QED) is 0.644. The number of barbiturate groups is 1. The summed E-state index contributed by atoms with van der Waals surface area (Å²) in [6.07, 6.45) is 1.27. The first-order valence-corrected chi connectivity index (χ1v) is 8.12. The van der Waals surface area contributed by atoms with Crippen LogP contribution in [0.5, 0.6) is 17.2 Å². The van der Waals surface area contributed by atoms with Gasteiger partial charge in [0.25, 0.3) is 11.8 Å². The van der Waals surface area contributed by atoms with Crippen molar-refractivity contribution in [3.05, 3.63) is 53.4 Å². The van der Waals surface area contributed by atoms with Gasteiger partial charge in [0, 0.05) is 11.6 Å². The molecule has 142 valence electrons. The highest BCUT2D eigenvalue weighted by atomic mass is 19.1. The van der Waals surface area contributed by atoms with Crippen LogP contribution in [0.4, 0.5) is 14.9 Å². The number of rotatable bonds is 3. The van der Waals surface area contributed by atoms with Crippen LogP contribution in [-0.2, 0) is 9.59 Å². The smallest absolute Gasteiger partial charge is 0.335 e. The molecule has 0 atom stereocenters. The number of carbonyl (C=O) groups excluding carboxylic acids is 3. The summed E-state index contributed by atoms with van der Waals surface area (Å²) in [5, 5.41) is 2.08. The van der Waals surface area contributed by atoms with Gasteiger partial charge in [0.05, 0.1) is 12.8 Å². The molecule has 1 saturated heterocycles. The summed E-state index contributed by atoms with van der Waals surface area (Å²) in [6, 6.07) is 7.09. The molecule has 0 spiro atoms. The van der Waals surface area contributed by atoms with Crippen molar-refractivity contribution in [3.8, 4) is 17.2 Å². The molecule has 0 radical (unpaired) electrons. The standard InChI is InChI=1S/C19H13FN2O6/c1-26-14-8-16-15(27-9-28-16)6-10(14)5-13-17(23)21-19(25)22(18(13)24)12-4-2-3-11(20)7-12/h2-8H,9H2,1H3,(H,21,23,25). The minimum atomic E-state index is -0.963. The van der Waals surface area contributed by atoms with E-state index >= 15 is 0 Å². The van der Waals surface area contributed by atoms with Crippen LogP contribution in [-0.4, -0.2) is 31.7 Å². The molecular weight excluding hydrogens is 371 g/mol. The predicted molar refractivity (Wildman–Crippen MR) is 94.5 cm³/mol. The number of benzene rings is 2. The van der Waals surface area contributed by atoms with Gasteiger partial charge >= 0.3 is 6.03 Å². The van der Waals surface area contributed by atoms with Crippen molar-refractivity contribution in [2.75, 3.05) is 18.8 Å². The average molecular weight is 384 g/mol. The number of amides is 4. The third kappa shape index (κ3) is 2.92. The number of hydrogen-bond acceptors (Lipinski definition) is 6. The number of nitrogens with zero attached hydrogens (tertiary/aromatic N) is 1. The molecule has 2 aromatic carbocycles. The Balaban J connectivity index is 1.78. The Morgan fingerprint density at radius 1 is 1.14 bits per heavy atom. The maximum absolute atomic E-state index is 13.5. The zero-order chi connectivity index (χ0) is 19.8. The molecule has 1 N–H and O–H groups in total. The molecule has 4 amide bonds. The maximum Gasteiger partial charge on any atom is 0.335 e. The number of anilines is 1. The van der Waals surface area contributed by atoms with E-state index in [0.29, 0.717) is 27.7 Å². The number of imide groups is 2. The molecule has 4 rings (SSSR count). The van der Waals surface area contributed by atoms with E-state index in [2.05, 4.69) is 5.32 Å². The fraction of sp³-hybridized carbons (Fsp3) is 0.105. The molecule has 2 heterocycles. The van der Waals surface area contributed by atoms with Gasteiger partial charge in [-0.3, -0.25) is 14.9 Å². The van der Waals surface area contributed by atoms with Crippen LogP contribution in [0.15, 0.2) is 42.0 Å². The van der Waals surface area contributed by atoms with Crippen LogP contribution in [0.25, 0.3) is 6.08 Å². The highest BCUT2D eigenvalue weighted by Gasteiger charge is 2.37. The van der Waals surface area contributed by atoms with Gasteiger partial charge < -0.3 is 14.2 Å². The van der Waals surface area contributed by atoms with Crippen molar-refractivity contribution in [2.24, 2.45) is 0 Å². The zero-order valence-electron chi connectivity index (χ0n) is 14.5. The normalized spacial score (nSPS) is 17.1. The predicted octanol–water partition coefficient (Wildman–Crippen LogP) is 2.23. The number of hydrogen-bond donors (Lipinski definition) is 1. The number of urea groups is 1. The Bertz CT molecular complexity index is 1050. The van der Waals surface area contributed by atoms with Gasteiger partial charge in [-0.15, -0.1) is 0 Å². The first-order valence-electron chi connectivity index (χ1n) is 8.12. The van der Waals surface area contributed by atoms with Crippen molar-refractivity contribution in [1.82, 2.24) is 5.32 Å². The number of methoxy groups -OCH3 is 1. The van der Waals surface area contributed by atoms with Gasteiger partial charge in [0.2, 0.25) is 6.79 Å². The molecular formula is C19H13FN2O6. The van der Waals surface area contributed by atoms with Crippen molar-refractivity contribution >= 4 is 29.6 Å². The van der Waals surface area contributed by atoms with E-state index in [9.17, 15) is 18.8 Å². The van der Waals surface area contributed by atoms with Crippen LogP contribution in [0.1, 0.15) is 5.56 Å². The van der Waals surface area contributed by atoms with Gasteiger partial charge in [-0.05, 0) is 30.3 Å². The molecule has 0 saturated carbocycles. The Labute approximate surface area is 158 Å². The number of fused-ring (bicyclic) bond motifs is 1. The average Bonchev–Trinajstić information content (AvgIpc) is 3.11. The van der Waals surface area contributed by atoms with Crippen LogP contribution in [0.2, 0.25) is 0 Å². The summed E-state index contributed by atoms with van der Waals surface area (Å²) in [5.74, 6) is -1.16. The molecule has 2 aromatic rings.